The van der Waals surface area contributed by atoms with Gasteiger partial charge in [0.1, 0.15) is 0 Å². The first kappa shape index (κ1) is 10.8. The van der Waals surface area contributed by atoms with Crippen molar-refractivity contribution in [2.45, 2.75) is 52.0 Å². The molecular formula is C12H23N. The Labute approximate surface area is 82.8 Å². The molecule has 0 spiro atoms. The molecule has 0 aromatic carbocycles. The van der Waals surface area contributed by atoms with E-state index >= 15 is 0 Å². The van der Waals surface area contributed by atoms with Gasteiger partial charge in [-0.2, -0.15) is 0 Å². The van der Waals surface area contributed by atoms with Gasteiger partial charge in [0.2, 0.25) is 0 Å². The Bertz CT molecular complexity index is 145. The molecule has 76 valence electrons. The standard InChI is InChI=1S/C10H17N.C2H6/c1-2-6-10(7-3-1)11-8-4-5-9-11;1-2/h1-2,10H,3-9H2;1-2H3. The monoisotopic (exact) mass is 181 g/mol. The molecule has 0 radical (unpaired) electrons. The number of rotatable bonds is 1. The molecule has 1 aliphatic heterocycles. The molecule has 1 fully saturated rings. The Balaban J connectivity index is 0.000000396. The average molecular weight is 181 g/mol. The summed E-state index contributed by atoms with van der Waals surface area (Å²) in [4.78, 5) is 2.67. The summed E-state index contributed by atoms with van der Waals surface area (Å²) < 4.78 is 0. The molecule has 1 unspecified atom stereocenters. The first-order chi connectivity index (χ1) is 6.47. The summed E-state index contributed by atoms with van der Waals surface area (Å²) in [5, 5.41) is 0. The van der Waals surface area contributed by atoms with Crippen molar-refractivity contribution in [2.24, 2.45) is 0 Å². The Morgan fingerprint density at radius 2 is 1.77 bits per heavy atom. The van der Waals surface area contributed by atoms with E-state index in [4.69, 9.17) is 0 Å². The minimum absolute atomic E-state index is 0.891. The van der Waals surface area contributed by atoms with Gasteiger partial charge in [0.25, 0.3) is 0 Å². The van der Waals surface area contributed by atoms with E-state index in [0.29, 0.717) is 0 Å². The van der Waals surface area contributed by atoms with Crippen molar-refractivity contribution in [3.8, 4) is 0 Å². The van der Waals surface area contributed by atoms with Gasteiger partial charge < -0.3 is 4.90 Å². The van der Waals surface area contributed by atoms with Crippen LogP contribution in [0.1, 0.15) is 46.0 Å². The van der Waals surface area contributed by atoms with E-state index < -0.39 is 0 Å². The maximum absolute atomic E-state index is 2.67. The predicted molar refractivity (Wildman–Crippen MR) is 58.9 cm³/mol. The second kappa shape index (κ2) is 6.20. The zero-order chi connectivity index (χ0) is 9.52. The number of hydrogen-bond acceptors (Lipinski definition) is 1. The molecule has 0 amide bonds. The molecular weight excluding hydrogens is 158 g/mol. The number of likely N-dealkylation sites (tertiary alicyclic amines) is 1. The van der Waals surface area contributed by atoms with Gasteiger partial charge >= 0.3 is 0 Å². The van der Waals surface area contributed by atoms with Crippen LogP contribution in [0.4, 0.5) is 0 Å². The second-order valence-corrected chi connectivity index (χ2v) is 3.68. The Morgan fingerprint density at radius 3 is 2.31 bits per heavy atom. The quantitative estimate of drug-likeness (QED) is 0.561. The molecule has 1 saturated heterocycles. The molecule has 0 N–H and O–H groups in total. The van der Waals surface area contributed by atoms with Gasteiger partial charge in [0.05, 0.1) is 0 Å². The third kappa shape index (κ3) is 3.15. The highest BCUT2D eigenvalue weighted by molar-refractivity contribution is 4.94. The van der Waals surface area contributed by atoms with Crippen LogP contribution in [0.3, 0.4) is 0 Å². The normalized spacial score (nSPS) is 28.3. The smallest absolute Gasteiger partial charge is 0.0133 e. The average Bonchev–Trinajstić information content (AvgIpc) is 2.75. The summed E-state index contributed by atoms with van der Waals surface area (Å²) in [7, 11) is 0. The van der Waals surface area contributed by atoms with Crippen molar-refractivity contribution in [2.75, 3.05) is 13.1 Å². The zero-order valence-electron chi connectivity index (χ0n) is 9.13. The molecule has 1 heterocycles. The van der Waals surface area contributed by atoms with E-state index in [1.54, 1.807) is 0 Å². The fraction of sp³-hybridized carbons (Fsp3) is 0.833. The van der Waals surface area contributed by atoms with Gasteiger partial charge in [-0.3, -0.25) is 0 Å². The first-order valence-corrected chi connectivity index (χ1v) is 5.86. The molecule has 1 nitrogen and oxygen atoms in total. The predicted octanol–water partition coefficient (Wildman–Crippen LogP) is 3.22. The fourth-order valence-electron chi connectivity index (χ4n) is 2.22. The highest BCUT2D eigenvalue weighted by Gasteiger charge is 2.21. The molecule has 0 aromatic rings. The molecule has 1 atom stereocenters. The van der Waals surface area contributed by atoms with Crippen LogP contribution in [0.5, 0.6) is 0 Å². The van der Waals surface area contributed by atoms with E-state index in [1.165, 1.54) is 45.2 Å². The topological polar surface area (TPSA) is 3.24 Å². The van der Waals surface area contributed by atoms with Gasteiger partial charge in [-0.25, -0.2) is 0 Å². The van der Waals surface area contributed by atoms with Gasteiger partial charge in [-0.15, -0.1) is 0 Å². The number of nitrogens with zero attached hydrogens (tertiary/aromatic N) is 1. The lowest BCUT2D eigenvalue weighted by molar-refractivity contribution is 0.228. The van der Waals surface area contributed by atoms with E-state index in [9.17, 15) is 0 Å². The summed E-state index contributed by atoms with van der Waals surface area (Å²) in [6, 6.07) is 0.891. The second-order valence-electron chi connectivity index (χ2n) is 3.68. The molecule has 1 aliphatic carbocycles. The summed E-state index contributed by atoms with van der Waals surface area (Å²) in [6.07, 6.45) is 11.6. The van der Waals surface area contributed by atoms with Gasteiger partial charge in [0.15, 0.2) is 0 Å². The van der Waals surface area contributed by atoms with E-state index in [-0.39, 0.29) is 0 Å². The van der Waals surface area contributed by atoms with Crippen LogP contribution >= 0.6 is 0 Å². The molecule has 13 heavy (non-hydrogen) atoms. The SMILES string of the molecule is C1=CCC(N2CCCC2)CC1.CC. The Kier molecular flexibility index (Phi) is 5.14. The third-order valence-electron chi connectivity index (χ3n) is 2.90. The Morgan fingerprint density at radius 1 is 1.08 bits per heavy atom. The maximum atomic E-state index is 2.67. The lowest BCUT2D eigenvalue weighted by Crippen LogP contribution is -2.33. The molecule has 0 aromatic heterocycles. The maximum Gasteiger partial charge on any atom is 0.0133 e. The molecule has 0 saturated carbocycles. The van der Waals surface area contributed by atoms with E-state index in [1.807, 2.05) is 13.8 Å². The van der Waals surface area contributed by atoms with E-state index in [0.717, 1.165) is 6.04 Å². The van der Waals surface area contributed by atoms with Crippen LogP contribution in [0.15, 0.2) is 12.2 Å². The molecule has 0 bridgehead atoms. The number of hydrogen-bond donors (Lipinski definition) is 0. The zero-order valence-corrected chi connectivity index (χ0v) is 9.13. The van der Waals surface area contributed by atoms with Gasteiger partial charge in [-0.1, -0.05) is 26.0 Å². The fourth-order valence-corrected chi connectivity index (χ4v) is 2.22. The summed E-state index contributed by atoms with van der Waals surface area (Å²) in [5.41, 5.74) is 0. The van der Waals surface area contributed by atoms with Crippen LogP contribution in [-0.4, -0.2) is 24.0 Å². The molecule has 1 heteroatoms. The van der Waals surface area contributed by atoms with E-state index in [2.05, 4.69) is 17.1 Å². The van der Waals surface area contributed by atoms with Crippen LogP contribution in [0.25, 0.3) is 0 Å². The Hall–Kier alpha value is -0.300. The highest BCUT2D eigenvalue weighted by Crippen LogP contribution is 2.21. The van der Waals surface area contributed by atoms with Gasteiger partial charge in [-0.05, 0) is 45.2 Å². The third-order valence-corrected chi connectivity index (χ3v) is 2.90. The summed E-state index contributed by atoms with van der Waals surface area (Å²) in [5.74, 6) is 0. The minimum Gasteiger partial charge on any atom is -0.300 e. The van der Waals surface area contributed by atoms with Crippen LogP contribution in [0, 0.1) is 0 Å². The lowest BCUT2D eigenvalue weighted by Gasteiger charge is -2.28. The first-order valence-electron chi connectivity index (χ1n) is 5.86. The van der Waals surface area contributed by atoms with Crippen molar-refractivity contribution in [1.82, 2.24) is 4.90 Å². The summed E-state index contributed by atoms with van der Waals surface area (Å²) >= 11 is 0. The van der Waals surface area contributed by atoms with Crippen molar-refractivity contribution in [1.29, 1.82) is 0 Å². The minimum atomic E-state index is 0.891. The largest absolute Gasteiger partial charge is 0.300 e. The van der Waals surface area contributed by atoms with Crippen LogP contribution in [0.2, 0.25) is 0 Å². The number of allylic oxidation sites excluding steroid dienone is 1. The van der Waals surface area contributed by atoms with Crippen molar-refractivity contribution in [3.05, 3.63) is 12.2 Å². The highest BCUT2D eigenvalue weighted by atomic mass is 15.2. The van der Waals surface area contributed by atoms with Crippen LogP contribution in [-0.2, 0) is 0 Å². The lowest BCUT2D eigenvalue weighted by atomic mass is 10.0. The van der Waals surface area contributed by atoms with Crippen molar-refractivity contribution in [3.63, 3.8) is 0 Å². The van der Waals surface area contributed by atoms with Crippen LogP contribution < -0.4 is 0 Å². The van der Waals surface area contributed by atoms with Crippen molar-refractivity contribution >= 4 is 0 Å². The molecule has 2 aliphatic rings. The van der Waals surface area contributed by atoms with Crippen molar-refractivity contribution < 1.29 is 0 Å². The summed E-state index contributed by atoms with van der Waals surface area (Å²) in [6.45, 7) is 6.72. The molecule has 2 rings (SSSR count). The van der Waals surface area contributed by atoms with Gasteiger partial charge in [0, 0.05) is 6.04 Å².